The minimum atomic E-state index is -0.250. The zero-order valence-electron chi connectivity index (χ0n) is 9.15. The lowest BCUT2D eigenvalue weighted by atomic mass is 10.2. The van der Waals surface area contributed by atoms with Crippen LogP contribution in [0, 0.1) is 0 Å². The highest BCUT2D eigenvalue weighted by Crippen LogP contribution is 2.09. The maximum absolute atomic E-state index is 9.15. The number of hydrogen-bond acceptors (Lipinski definition) is 3. The molecule has 84 valence electrons. The van der Waals surface area contributed by atoms with E-state index < -0.39 is 0 Å². The standard InChI is InChI=1S/C11H17ClN2O/c1-9(15)4-6-14(2)8-11-7-10(12)3-5-13-11/h3,5,7,9,15H,4,6,8H2,1-2H3. The van der Waals surface area contributed by atoms with Crippen LogP contribution in [0.4, 0.5) is 0 Å². The van der Waals surface area contributed by atoms with E-state index in [0.717, 1.165) is 25.2 Å². The lowest BCUT2D eigenvalue weighted by molar-refractivity contribution is 0.162. The van der Waals surface area contributed by atoms with Gasteiger partial charge in [-0.05, 0) is 32.5 Å². The van der Waals surface area contributed by atoms with Gasteiger partial charge in [0.2, 0.25) is 0 Å². The van der Waals surface area contributed by atoms with Crippen molar-refractivity contribution in [1.29, 1.82) is 0 Å². The highest BCUT2D eigenvalue weighted by molar-refractivity contribution is 6.30. The molecule has 1 aromatic heterocycles. The molecule has 0 aliphatic carbocycles. The number of aliphatic hydroxyl groups is 1. The number of aliphatic hydroxyl groups excluding tert-OH is 1. The average molecular weight is 229 g/mol. The maximum Gasteiger partial charge on any atom is 0.0558 e. The van der Waals surface area contributed by atoms with Gasteiger partial charge in [0.15, 0.2) is 0 Å². The van der Waals surface area contributed by atoms with Gasteiger partial charge in [0.05, 0.1) is 11.8 Å². The number of rotatable bonds is 5. The number of pyridine rings is 1. The molecule has 0 aliphatic rings. The van der Waals surface area contributed by atoms with Gasteiger partial charge < -0.3 is 10.0 Å². The summed E-state index contributed by atoms with van der Waals surface area (Å²) in [5, 5.41) is 9.86. The smallest absolute Gasteiger partial charge is 0.0558 e. The van der Waals surface area contributed by atoms with Gasteiger partial charge in [0.25, 0.3) is 0 Å². The summed E-state index contributed by atoms with van der Waals surface area (Å²) < 4.78 is 0. The first-order valence-electron chi connectivity index (χ1n) is 5.05. The third-order valence-corrected chi connectivity index (χ3v) is 2.37. The summed E-state index contributed by atoms with van der Waals surface area (Å²) in [6.07, 6.45) is 2.23. The highest BCUT2D eigenvalue weighted by Gasteiger charge is 2.03. The first-order valence-corrected chi connectivity index (χ1v) is 5.43. The van der Waals surface area contributed by atoms with E-state index in [2.05, 4.69) is 9.88 Å². The molecule has 0 radical (unpaired) electrons. The fourth-order valence-corrected chi connectivity index (χ4v) is 1.48. The van der Waals surface area contributed by atoms with Crippen molar-refractivity contribution >= 4 is 11.6 Å². The Morgan fingerprint density at radius 1 is 1.60 bits per heavy atom. The molecule has 0 aromatic carbocycles. The Bertz CT molecular complexity index is 304. The van der Waals surface area contributed by atoms with Crippen LogP contribution in [-0.4, -0.2) is 34.7 Å². The van der Waals surface area contributed by atoms with Crippen molar-refractivity contribution in [3.63, 3.8) is 0 Å². The largest absolute Gasteiger partial charge is 0.393 e. The lowest BCUT2D eigenvalue weighted by Gasteiger charge is -2.16. The molecule has 1 rings (SSSR count). The summed E-state index contributed by atoms with van der Waals surface area (Å²) in [5.41, 5.74) is 0.954. The molecule has 1 unspecified atom stereocenters. The Labute approximate surface area is 95.7 Å². The Morgan fingerprint density at radius 2 is 2.33 bits per heavy atom. The van der Waals surface area contributed by atoms with E-state index in [1.54, 1.807) is 19.2 Å². The first-order chi connectivity index (χ1) is 7.08. The van der Waals surface area contributed by atoms with Crippen LogP contribution in [-0.2, 0) is 6.54 Å². The normalized spacial score (nSPS) is 13.1. The van der Waals surface area contributed by atoms with Crippen LogP contribution in [0.2, 0.25) is 5.02 Å². The van der Waals surface area contributed by atoms with Crippen molar-refractivity contribution in [3.05, 3.63) is 29.0 Å². The Morgan fingerprint density at radius 3 is 2.93 bits per heavy atom. The minimum absolute atomic E-state index is 0.250. The molecule has 0 fully saturated rings. The van der Waals surface area contributed by atoms with Crippen molar-refractivity contribution in [3.8, 4) is 0 Å². The van der Waals surface area contributed by atoms with E-state index in [1.165, 1.54) is 0 Å². The van der Waals surface area contributed by atoms with E-state index in [0.29, 0.717) is 5.02 Å². The number of halogens is 1. The van der Waals surface area contributed by atoms with Crippen LogP contribution in [0.25, 0.3) is 0 Å². The van der Waals surface area contributed by atoms with E-state index in [-0.39, 0.29) is 6.10 Å². The van der Waals surface area contributed by atoms with Gasteiger partial charge in [0, 0.05) is 24.3 Å². The molecule has 0 amide bonds. The number of nitrogens with zero attached hydrogens (tertiary/aromatic N) is 2. The fourth-order valence-electron chi connectivity index (χ4n) is 1.30. The van der Waals surface area contributed by atoms with Gasteiger partial charge in [-0.2, -0.15) is 0 Å². The van der Waals surface area contributed by atoms with E-state index in [4.69, 9.17) is 16.7 Å². The summed E-state index contributed by atoms with van der Waals surface area (Å²) in [6, 6.07) is 3.63. The lowest BCUT2D eigenvalue weighted by Crippen LogP contribution is -2.22. The Kier molecular flexibility index (Phi) is 5.02. The van der Waals surface area contributed by atoms with E-state index in [9.17, 15) is 0 Å². The molecule has 0 saturated heterocycles. The van der Waals surface area contributed by atoms with Gasteiger partial charge in [0.1, 0.15) is 0 Å². The van der Waals surface area contributed by atoms with Crippen molar-refractivity contribution < 1.29 is 5.11 Å². The summed E-state index contributed by atoms with van der Waals surface area (Å²) >= 11 is 5.86. The molecule has 1 aromatic rings. The second-order valence-corrected chi connectivity index (χ2v) is 4.28. The molecule has 0 bridgehead atoms. The molecule has 1 atom stereocenters. The van der Waals surface area contributed by atoms with Crippen LogP contribution in [0.5, 0.6) is 0 Å². The SMILES string of the molecule is CC(O)CCN(C)Cc1cc(Cl)ccn1. The predicted molar refractivity (Wildman–Crippen MR) is 61.9 cm³/mol. The van der Waals surface area contributed by atoms with Gasteiger partial charge in [-0.1, -0.05) is 11.6 Å². The molecule has 4 heteroatoms. The van der Waals surface area contributed by atoms with Crippen molar-refractivity contribution in [2.75, 3.05) is 13.6 Å². The summed E-state index contributed by atoms with van der Waals surface area (Å²) in [4.78, 5) is 6.33. The zero-order valence-corrected chi connectivity index (χ0v) is 9.91. The predicted octanol–water partition coefficient (Wildman–Crippen LogP) is 1.94. The monoisotopic (exact) mass is 228 g/mol. The minimum Gasteiger partial charge on any atom is -0.393 e. The topological polar surface area (TPSA) is 36.4 Å². The molecule has 0 aliphatic heterocycles. The van der Waals surface area contributed by atoms with Crippen LogP contribution < -0.4 is 0 Å². The average Bonchev–Trinajstić information content (AvgIpc) is 2.15. The third kappa shape index (κ3) is 5.11. The molecule has 15 heavy (non-hydrogen) atoms. The molecule has 0 spiro atoms. The maximum atomic E-state index is 9.15. The molecular weight excluding hydrogens is 212 g/mol. The van der Waals surface area contributed by atoms with Crippen LogP contribution in [0.3, 0.4) is 0 Å². The van der Waals surface area contributed by atoms with Crippen LogP contribution >= 0.6 is 11.6 Å². The second kappa shape index (κ2) is 6.05. The number of aromatic nitrogens is 1. The molecule has 1 N–H and O–H groups in total. The number of hydrogen-bond donors (Lipinski definition) is 1. The van der Waals surface area contributed by atoms with Gasteiger partial charge >= 0.3 is 0 Å². The fraction of sp³-hybridized carbons (Fsp3) is 0.545. The summed E-state index contributed by atoms with van der Waals surface area (Å²) in [7, 11) is 2.00. The summed E-state index contributed by atoms with van der Waals surface area (Å²) in [5.74, 6) is 0. The highest BCUT2D eigenvalue weighted by atomic mass is 35.5. The molecule has 1 heterocycles. The second-order valence-electron chi connectivity index (χ2n) is 3.84. The quantitative estimate of drug-likeness (QED) is 0.837. The van der Waals surface area contributed by atoms with Crippen molar-refractivity contribution in [2.24, 2.45) is 0 Å². The Hall–Kier alpha value is -0.640. The van der Waals surface area contributed by atoms with Crippen LogP contribution in [0.1, 0.15) is 19.0 Å². The first kappa shape index (κ1) is 12.4. The third-order valence-electron chi connectivity index (χ3n) is 2.14. The van der Waals surface area contributed by atoms with E-state index >= 15 is 0 Å². The molecule has 3 nitrogen and oxygen atoms in total. The molecular formula is C11H17ClN2O. The van der Waals surface area contributed by atoms with E-state index in [1.807, 2.05) is 13.1 Å². The Balaban J connectivity index is 2.40. The van der Waals surface area contributed by atoms with Gasteiger partial charge in [-0.25, -0.2) is 0 Å². The van der Waals surface area contributed by atoms with Gasteiger partial charge in [-0.3, -0.25) is 4.98 Å². The van der Waals surface area contributed by atoms with Crippen LogP contribution in [0.15, 0.2) is 18.3 Å². The summed E-state index contributed by atoms with van der Waals surface area (Å²) in [6.45, 7) is 3.41. The van der Waals surface area contributed by atoms with Gasteiger partial charge in [-0.15, -0.1) is 0 Å². The molecule has 0 saturated carbocycles. The zero-order chi connectivity index (χ0) is 11.3. The van der Waals surface area contributed by atoms with Crippen molar-refractivity contribution in [2.45, 2.75) is 26.0 Å². The van der Waals surface area contributed by atoms with Crippen molar-refractivity contribution in [1.82, 2.24) is 9.88 Å².